The smallest absolute Gasteiger partial charge is 0.255 e. The van der Waals surface area contributed by atoms with Crippen LogP contribution in [0.25, 0.3) is 0 Å². The van der Waals surface area contributed by atoms with Crippen LogP contribution in [0.1, 0.15) is 34.8 Å². The first kappa shape index (κ1) is 12.1. The molecule has 0 spiro atoms. The number of nitrogens with two attached hydrogens (primary N) is 1. The zero-order valence-electron chi connectivity index (χ0n) is 10.4. The largest absolute Gasteiger partial charge is 0.367 e. The van der Waals surface area contributed by atoms with Gasteiger partial charge in [-0.3, -0.25) is 14.6 Å². The summed E-state index contributed by atoms with van der Waals surface area (Å²) in [5.41, 5.74) is 6.75. The summed E-state index contributed by atoms with van der Waals surface area (Å²) in [4.78, 5) is 16.0. The Morgan fingerprint density at radius 2 is 2.33 bits per heavy atom. The van der Waals surface area contributed by atoms with Crippen molar-refractivity contribution < 1.29 is 4.79 Å². The molecular weight excluding hydrogens is 234 g/mol. The summed E-state index contributed by atoms with van der Waals surface area (Å²) in [5, 5.41) is 13.2. The highest BCUT2D eigenvalue weighted by atomic mass is 16.1. The van der Waals surface area contributed by atoms with E-state index in [-0.39, 0.29) is 17.9 Å². The summed E-state index contributed by atoms with van der Waals surface area (Å²) < 4.78 is 1.64. The minimum absolute atomic E-state index is 0.156. The number of carbonyl (C=O) groups excluding carboxylic acids is 1. The Morgan fingerprint density at radius 3 is 2.83 bits per heavy atom. The van der Waals surface area contributed by atoms with Crippen LogP contribution in [0, 0.1) is 6.92 Å². The summed E-state index contributed by atoms with van der Waals surface area (Å²) in [6, 6.07) is -0.304. The standard InChI is InChI=1S/C10H15N7O/c1-5(8-14-10(11)16-15-8)13-9(18)7-4-12-17(3)6(7)2/h4-5H,1-3H3,(H,13,18)(H3,11,14,15,16)/t5-/m0/s1. The van der Waals surface area contributed by atoms with E-state index in [0.717, 1.165) is 5.69 Å². The van der Waals surface area contributed by atoms with Crippen molar-refractivity contribution >= 4 is 11.9 Å². The molecule has 18 heavy (non-hydrogen) atoms. The number of hydrogen-bond acceptors (Lipinski definition) is 5. The number of nitrogens with zero attached hydrogens (tertiary/aromatic N) is 4. The van der Waals surface area contributed by atoms with Gasteiger partial charge in [-0.25, -0.2) is 0 Å². The molecule has 2 aromatic rings. The van der Waals surface area contributed by atoms with Crippen LogP contribution >= 0.6 is 0 Å². The van der Waals surface area contributed by atoms with E-state index in [2.05, 4.69) is 25.6 Å². The van der Waals surface area contributed by atoms with Gasteiger partial charge in [-0.2, -0.15) is 10.1 Å². The Labute approximate surface area is 104 Å². The van der Waals surface area contributed by atoms with E-state index in [0.29, 0.717) is 11.4 Å². The topological polar surface area (TPSA) is 115 Å². The van der Waals surface area contributed by atoms with Crippen LogP contribution < -0.4 is 11.1 Å². The van der Waals surface area contributed by atoms with Gasteiger partial charge >= 0.3 is 0 Å². The maximum atomic E-state index is 12.0. The van der Waals surface area contributed by atoms with Crippen LogP contribution in [0.2, 0.25) is 0 Å². The first-order valence-corrected chi connectivity index (χ1v) is 5.46. The van der Waals surface area contributed by atoms with Crippen LogP contribution in [0.3, 0.4) is 0 Å². The number of hydrogen-bond donors (Lipinski definition) is 3. The molecule has 0 unspecified atom stereocenters. The van der Waals surface area contributed by atoms with Gasteiger partial charge in [0.1, 0.15) is 5.82 Å². The van der Waals surface area contributed by atoms with Gasteiger partial charge in [0, 0.05) is 12.7 Å². The quantitative estimate of drug-likeness (QED) is 0.703. The molecule has 0 bridgehead atoms. The van der Waals surface area contributed by atoms with Crippen molar-refractivity contribution in [2.75, 3.05) is 5.73 Å². The number of H-pyrrole nitrogens is 1. The van der Waals surface area contributed by atoms with Gasteiger partial charge in [0.15, 0.2) is 0 Å². The highest BCUT2D eigenvalue weighted by molar-refractivity contribution is 5.95. The van der Waals surface area contributed by atoms with Crippen molar-refractivity contribution in [3.8, 4) is 0 Å². The number of amides is 1. The fourth-order valence-corrected chi connectivity index (χ4v) is 1.55. The minimum Gasteiger partial charge on any atom is -0.367 e. The normalized spacial score (nSPS) is 12.4. The summed E-state index contributed by atoms with van der Waals surface area (Å²) in [7, 11) is 1.78. The maximum Gasteiger partial charge on any atom is 0.255 e. The minimum atomic E-state index is -0.304. The van der Waals surface area contributed by atoms with Crippen LogP contribution in [0.5, 0.6) is 0 Å². The fourth-order valence-electron chi connectivity index (χ4n) is 1.55. The highest BCUT2D eigenvalue weighted by Gasteiger charge is 2.17. The van der Waals surface area contributed by atoms with E-state index < -0.39 is 0 Å². The molecule has 0 radical (unpaired) electrons. The van der Waals surface area contributed by atoms with Gasteiger partial charge in [0.05, 0.1) is 17.8 Å². The molecule has 0 fully saturated rings. The lowest BCUT2D eigenvalue weighted by atomic mass is 10.2. The van der Waals surface area contributed by atoms with Gasteiger partial charge < -0.3 is 11.1 Å². The van der Waals surface area contributed by atoms with Crippen molar-refractivity contribution in [2.24, 2.45) is 7.05 Å². The van der Waals surface area contributed by atoms with Crippen LogP contribution in [0.15, 0.2) is 6.20 Å². The second-order valence-electron chi connectivity index (χ2n) is 4.04. The summed E-state index contributed by atoms with van der Waals surface area (Å²) in [6.07, 6.45) is 1.53. The van der Waals surface area contributed by atoms with Gasteiger partial charge in [0.2, 0.25) is 5.95 Å². The van der Waals surface area contributed by atoms with Gasteiger partial charge in [0.25, 0.3) is 5.91 Å². The molecule has 8 heteroatoms. The fraction of sp³-hybridized carbons (Fsp3) is 0.400. The lowest BCUT2D eigenvalue weighted by Crippen LogP contribution is -2.27. The van der Waals surface area contributed by atoms with Gasteiger partial charge in [-0.05, 0) is 13.8 Å². The third-order valence-corrected chi connectivity index (χ3v) is 2.76. The Hall–Kier alpha value is -2.38. The average Bonchev–Trinajstić information content (AvgIpc) is 2.87. The van der Waals surface area contributed by atoms with E-state index in [4.69, 9.17) is 5.73 Å². The van der Waals surface area contributed by atoms with Crippen molar-refractivity contribution in [3.63, 3.8) is 0 Å². The molecule has 0 saturated heterocycles. The van der Waals surface area contributed by atoms with Crippen molar-refractivity contribution in [2.45, 2.75) is 19.9 Å². The molecule has 0 aliphatic rings. The Bertz CT molecular complexity index is 571. The van der Waals surface area contributed by atoms with Gasteiger partial charge in [-0.15, -0.1) is 5.10 Å². The Balaban J connectivity index is 2.10. The molecule has 96 valence electrons. The Kier molecular flexibility index (Phi) is 3.00. The monoisotopic (exact) mass is 249 g/mol. The summed E-state index contributed by atoms with van der Waals surface area (Å²) in [5.74, 6) is 0.467. The number of anilines is 1. The van der Waals surface area contributed by atoms with Crippen LogP contribution in [0.4, 0.5) is 5.95 Å². The van der Waals surface area contributed by atoms with Crippen LogP contribution in [-0.2, 0) is 7.05 Å². The number of nitrogen functional groups attached to an aromatic ring is 1. The van der Waals surface area contributed by atoms with E-state index in [1.807, 2.05) is 6.92 Å². The predicted octanol–water partition coefficient (Wildman–Crippen LogP) is -0.0802. The molecule has 1 atom stereocenters. The first-order chi connectivity index (χ1) is 8.49. The molecule has 0 aromatic carbocycles. The molecule has 0 saturated carbocycles. The number of aryl methyl sites for hydroxylation is 1. The zero-order valence-corrected chi connectivity index (χ0v) is 10.4. The van der Waals surface area contributed by atoms with E-state index in [9.17, 15) is 4.79 Å². The van der Waals surface area contributed by atoms with Crippen molar-refractivity contribution in [1.82, 2.24) is 30.3 Å². The average molecular weight is 249 g/mol. The third kappa shape index (κ3) is 2.17. The number of aromatic nitrogens is 5. The molecule has 2 heterocycles. The summed E-state index contributed by atoms with van der Waals surface area (Å²) in [6.45, 7) is 3.63. The maximum absolute atomic E-state index is 12.0. The SMILES string of the molecule is Cc1c(C(=O)N[C@@H](C)c2nc(N)n[nH]2)cnn1C. The Morgan fingerprint density at radius 1 is 1.61 bits per heavy atom. The second kappa shape index (κ2) is 4.47. The lowest BCUT2D eigenvalue weighted by Gasteiger charge is -2.10. The molecule has 0 aliphatic carbocycles. The molecule has 2 rings (SSSR count). The molecule has 1 amide bonds. The number of rotatable bonds is 3. The third-order valence-electron chi connectivity index (χ3n) is 2.76. The highest BCUT2D eigenvalue weighted by Crippen LogP contribution is 2.10. The number of nitrogens with one attached hydrogen (secondary N) is 2. The van der Waals surface area contributed by atoms with Crippen LogP contribution in [-0.4, -0.2) is 30.9 Å². The van der Waals surface area contributed by atoms with E-state index in [1.165, 1.54) is 6.20 Å². The van der Waals surface area contributed by atoms with Crippen molar-refractivity contribution in [1.29, 1.82) is 0 Å². The molecule has 8 nitrogen and oxygen atoms in total. The molecule has 2 aromatic heterocycles. The number of carbonyl (C=O) groups is 1. The summed E-state index contributed by atoms with van der Waals surface area (Å²) >= 11 is 0. The predicted molar refractivity (Wildman–Crippen MR) is 64.6 cm³/mol. The van der Waals surface area contributed by atoms with Crippen molar-refractivity contribution in [3.05, 3.63) is 23.3 Å². The van der Waals surface area contributed by atoms with E-state index >= 15 is 0 Å². The second-order valence-corrected chi connectivity index (χ2v) is 4.04. The molecule has 4 N–H and O–H groups in total. The van der Waals surface area contributed by atoms with E-state index in [1.54, 1.807) is 18.7 Å². The lowest BCUT2D eigenvalue weighted by molar-refractivity contribution is 0.0937. The molecule has 0 aliphatic heterocycles. The first-order valence-electron chi connectivity index (χ1n) is 5.46. The van der Waals surface area contributed by atoms with Gasteiger partial charge in [-0.1, -0.05) is 0 Å². The zero-order chi connectivity index (χ0) is 13.3. The molecular formula is C10H15N7O. The number of aromatic amines is 1.